The molecule has 0 radical (unpaired) electrons. The van der Waals surface area contributed by atoms with Gasteiger partial charge >= 0.3 is 0 Å². The molecule has 2 heteroatoms. The van der Waals surface area contributed by atoms with Crippen LogP contribution in [0.15, 0.2) is 0 Å². The van der Waals surface area contributed by atoms with Crippen LogP contribution >= 0.6 is 0 Å². The highest BCUT2D eigenvalue weighted by atomic mass is 15.3. The van der Waals surface area contributed by atoms with E-state index < -0.39 is 0 Å². The largest absolute Gasteiger partial charge is 0.314 e. The summed E-state index contributed by atoms with van der Waals surface area (Å²) < 4.78 is 0. The summed E-state index contributed by atoms with van der Waals surface area (Å²) in [4.78, 5) is 2.68. The maximum absolute atomic E-state index is 3.48. The van der Waals surface area contributed by atoms with Crippen molar-refractivity contribution in [2.75, 3.05) is 13.1 Å². The predicted molar refractivity (Wildman–Crippen MR) is 62.5 cm³/mol. The van der Waals surface area contributed by atoms with Gasteiger partial charge in [-0.1, -0.05) is 13.8 Å². The van der Waals surface area contributed by atoms with E-state index in [4.69, 9.17) is 0 Å². The van der Waals surface area contributed by atoms with Gasteiger partial charge in [0.2, 0.25) is 0 Å². The van der Waals surface area contributed by atoms with Gasteiger partial charge in [0.1, 0.15) is 0 Å². The molecule has 1 rings (SSSR count). The van der Waals surface area contributed by atoms with Crippen molar-refractivity contribution in [3.05, 3.63) is 0 Å². The van der Waals surface area contributed by atoms with Crippen molar-refractivity contribution in [2.45, 2.75) is 59.2 Å². The van der Waals surface area contributed by atoms with Crippen LogP contribution in [0.25, 0.3) is 0 Å². The zero-order valence-corrected chi connectivity index (χ0v) is 10.4. The van der Waals surface area contributed by atoms with E-state index in [-0.39, 0.29) is 0 Å². The molecule has 1 heterocycles. The number of rotatable bonds is 3. The Hall–Kier alpha value is -0.0800. The summed E-state index contributed by atoms with van der Waals surface area (Å²) in [6, 6.07) is 2.10. The van der Waals surface area contributed by atoms with Crippen molar-refractivity contribution in [2.24, 2.45) is 5.92 Å². The lowest BCUT2D eigenvalue weighted by molar-refractivity contribution is 0.0646. The number of hydrogen-bond acceptors (Lipinski definition) is 2. The van der Waals surface area contributed by atoms with Crippen LogP contribution in [0.1, 0.15) is 41.0 Å². The van der Waals surface area contributed by atoms with Crippen LogP contribution in [-0.2, 0) is 0 Å². The van der Waals surface area contributed by atoms with E-state index in [1.54, 1.807) is 0 Å². The first-order valence-electron chi connectivity index (χ1n) is 6.00. The molecule has 1 N–H and O–H groups in total. The second kappa shape index (κ2) is 5.13. The number of nitrogens with zero attached hydrogens (tertiary/aromatic N) is 1. The highest BCUT2D eigenvalue weighted by Crippen LogP contribution is 2.18. The molecule has 1 aliphatic rings. The van der Waals surface area contributed by atoms with Crippen molar-refractivity contribution < 1.29 is 0 Å². The van der Waals surface area contributed by atoms with Crippen LogP contribution in [-0.4, -0.2) is 36.1 Å². The van der Waals surface area contributed by atoms with Gasteiger partial charge in [-0.2, -0.15) is 0 Å². The molecule has 84 valence electrons. The van der Waals surface area contributed by atoms with Crippen molar-refractivity contribution in [1.82, 2.24) is 10.2 Å². The first kappa shape index (κ1) is 12.0. The third kappa shape index (κ3) is 2.96. The Morgan fingerprint density at radius 2 is 1.64 bits per heavy atom. The quantitative estimate of drug-likeness (QED) is 0.747. The Morgan fingerprint density at radius 3 is 2.07 bits per heavy atom. The average molecular weight is 198 g/mol. The van der Waals surface area contributed by atoms with Crippen LogP contribution in [0.5, 0.6) is 0 Å². The molecule has 0 saturated carbocycles. The fourth-order valence-electron chi connectivity index (χ4n) is 2.82. The van der Waals surface area contributed by atoms with Crippen molar-refractivity contribution in [3.8, 4) is 0 Å². The summed E-state index contributed by atoms with van der Waals surface area (Å²) in [5.41, 5.74) is 0. The average Bonchev–Trinajstić information content (AvgIpc) is 2.01. The van der Waals surface area contributed by atoms with Gasteiger partial charge in [0, 0.05) is 31.2 Å². The lowest BCUT2D eigenvalue weighted by Crippen LogP contribution is -2.58. The van der Waals surface area contributed by atoms with Gasteiger partial charge < -0.3 is 5.32 Å². The van der Waals surface area contributed by atoms with E-state index in [1.165, 1.54) is 6.42 Å². The molecule has 0 aromatic rings. The molecule has 1 saturated heterocycles. The molecule has 0 aromatic heterocycles. The summed E-state index contributed by atoms with van der Waals surface area (Å²) in [5.74, 6) is 0.805. The molecule has 1 unspecified atom stereocenters. The Morgan fingerprint density at radius 1 is 1.14 bits per heavy atom. The van der Waals surface area contributed by atoms with Gasteiger partial charge in [-0.05, 0) is 33.1 Å². The number of hydrogen-bond donors (Lipinski definition) is 1. The molecule has 1 fully saturated rings. The summed E-state index contributed by atoms with van der Waals surface area (Å²) in [7, 11) is 0. The molecule has 0 aliphatic carbocycles. The highest BCUT2D eigenvalue weighted by molar-refractivity contribution is 4.86. The van der Waals surface area contributed by atoms with Crippen molar-refractivity contribution in [3.63, 3.8) is 0 Å². The summed E-state index contributed by atoms with van der Waals surface area (Å²) >= 11 is 0. The van der Waals surface area contributed by atoms with E-state index >= 15 is 0 Å². The molecular weight excluding hydrogens is 172 g/mol. The molecule has 0 bridgehead atoms. The van der Waals surface area contributed by atoms with Crippen LogP contribution < -0.4 is 5.32 Å². The summed E-state index contributed by atoms with van der Waals surface area (Å²) in [5, 5.41) is 3.48. The van der Waals surface area contributed by atoms with Crippen molar-refractivity contribution in [1.29, 1.82) is 0 Å². The molecule has 2 nitrogen and oxygen atoms in total. The minimum atomic E-state index is 0.687. The standard InChI is InChI=1S/C12H26N2/c1-9(2)6-10(3)14-11(4)7-13-8-12(14)5/h9-13H,6-8H2,1-5H3/t10?,11-,12+. The third-order valence-corrected chi connectivity index (χ3v) is 3.22. The second-order valence-corrected chi connectivity index (χ2v) is 5.28. The second-order valence-electron chi connectivity index (χ2n) is 5.28. The minimum absolute atomic E-state index is 0.687. The lowest BCUT2D eigenvalue weighted by atomic mass is 9.99. The van der Waals surface area contributed by atoms with E-state index in [0.717, 1.165) is 25.0 Å². The van der Waals surface area contributed by atoms with Crippen molar-refractivity contribution >= 4 is 0 Å². The Labute approximate surface area is 89.1 Å². The smallest absolute Gasteiger partial charge is 0.0198 e. The molecule has 0 amide bonds. The molecule has 0 aromatic carbocycles. The molecule has 0 spiro atoms. The highest BCUT2D eigenvalue weighted by Gasteiger charge is 2.28. The van der Waals surface area contributed by atoms with Gasteiger partial charge in [0.05, 0.1) is 0 Å². The predicted octanol–water partition coefficient (Wildman–Crippen LogP) is 2.10. The third-order valence-electron chi connectivity index (χ3n) is 3.22. The van der Waals surface area contributed by atoms with Crippen LogP contribution in [0.2, 0.25) is 0 Å². The molecular formula is C12H26N2. The fourth-order valence-corrected chi connectivity index (χ4v) is 2.82. The minimum Gasteiger partial charge on any atom is -0.314 e. The van der Waals surface area contributed by atoms with E-state index in [9.17, 15) is 0 Å². The summed E-state index contributed by atoms with van der Waals surface area (Å²) in [6.45, 7) is 14.0. The van der Waals surface area contributed by atoms with Gasteiger partial charge in [0.25, 0.3) is 0 Å². The first-order valence-corrected chi connectivity index (χ1v) is 6.00. The zero-order valence-electron chi connectivity index (χ0n) is 10.4. The van der Waals surface area contributed by atoms with Gasteiger partial charge in [-0.25, -0.2) is 0 Å². The monoisotopic (exact) mass is 198 g/mol. The van der Waals surface area contributed by atoms with Crippen LogP contribution in [0.3, 0.4) is 0 Å². The molecule has 3 atom stereocenters. The van der Waals surface area contributed by atoms with E-state index in [1.807, 2.05) is 0 Å². The van der Waals surface area contributed by atoms with Crippen LogP contribution in [0, 0.1) is 5.92 Å². The number of nitrogens with one attached hydrogen (secondary N) is 1. The van der Waals surface area contributed by atoms with E-state index in [0.29, 0.717) is 12.1 Å². The Bertz CT molecular complexity index is 158. The Balaban J connectivity index is 2.53. The molecule has 1 aliphatic heterocycles. The zero-order chi connectivity index (χ0) is 10.7. The summed E-state index contributed by atoms with van der Waals surface area (Å²) in [6.07, 6.45) is 1.31. The van der Waals surface area contributed by atoms with E-state index in [2.05, 4.69) is 44.8 Å². The van der Waals surface area contributed by atoms with Gasteiger partial charge in [-0.15, -0.1) is 0 Å². The first-order chi connectivity index (χ1) is 6.52. The SMILES string of the molecule is CC(C)CC(C)N1[C@H](C)CNC[C@@H]1C. The lowest BCUT2D eigenvalue weighted by Gasteiger charge is -2.44. The van der Waals surface area contributed by atoms with Gasteiger partial charge in [0.15, 0.2) is 0 Å². The maximum Gasteiger partial charge on any atom is 0.0198 e. The van der Waals surface area contributed by atoms with Gasteiger partial charge in [-0.3, -0.25) is 4.90 Å². The molecule has 14 heavy (non-hydrogen) atoms. The topological polar surface area (TPSA) is 15.3 Å². The maximum atomic E-state index is 3.48. The van der Waals surface area contributed by atoms with Crippen LogP contribution in [0.4, 0.5) is 0 Å². The fraction of sp³-hybridized carbons (Fsp3) is 1.00. The normalized spacial score (nSPS) is 32.1. The number of piperazine rings is 1. The Kier molecular flexibility index (Phi) is 4.39.